The zero-order valence-electron chi connectivity index (χ0n) is 20.0. The van der Waals surface area contributed by atoms with E-state index in [-0.39, 0.29) is 24.0 Å². The highest BCUT2D eigenvalue weighted by Gasteiger charge is 2.43. The van der Waals surface area contributed by atoms with Gasteiger partial charge in [0.15, 0.2) is 6.10 Å². The van der Waals surface area contributed by atoms with Crippen LogP contribution in [0.3, 0.4) is 0 Å². The molecule has 0 radical (unpaired) electrons. The number of likely N-dealkylation sites (N-methyl/N-ethyl adjacent to an activating group) is 1. The third-order valence-corrected chi connectivity index (χ3v) is 7.23. The Kier molecular flexibility index (Phi) is 6.45. The second-order valence-corrected chi connectivity index (χ2v) is 9.63. The zero-order chi connectivity index (χ0) is 24.7. The van der Waals surface area contributed by atoms with Crippen LogP contribution in [0.25, 0.3) is 5.65 Å². The number of hydrogen-bond acceptors (Lipinski definition) is 6. The van der Waals surface area contributed by atoms with E-state index < -0.39 is 12.3 Å². The molecule has 0 saturated carbocycles. The number of rotatable bonds is 5. The molecule has 1 unspecified atom stereocenters. The van der Waals surface area contributed by atoms with E-state index >= 15 is 0 Å². The number of aliphatic hydroxyl groups is 1. The molecule has 1 saturated heterocycles. The third-order valence-electron chi connectivity index (χ3n) is 7.23. The molecule has 0 spiro atoms. The molecule has 0 bridgehead atoms. The van der Waals surface area contributed by atoms with Crippen molar-refractivity contribution in [2.24, 2.45) is 0 Å². The van der Waals surface area contributed by atoms with E-state index in [4.69, 9.17) is 0 Å². The molecular weight excluding hydrogens is 457 g/mol. The molecule has 4 heterocycles. The van der Waals surface area contributed by atoms with Crippen molar-refractivity contribution >= 4 is 11.5 Å². The van der Waals surface area contributed by atoms with Gasteiger partial charge >= 0.3 is 6.18 Å². The number of alkyl halides is 3. The van der Waals surface area contributed by atoms with Gasteiger partial charge in [0.05, 0.1) is 23.1 Å². The fourth-order valence-corrected chi connectivity index (χ4v) is 5.34. The van der Waals surface area contributed by atoms with Crippen LogP contribution in [0, 0.1) is 0 Å². The minimum absolute atomic E-state index is 0.0160. The van der Waals surface area contributed by atoms with E-state index in [1.165, 1.54) is 9.96 Å². The molecule has 1 fully saturated rings. The second-order valence-electron chi connectivity index (χ2n) is 9.63. The van der Waals surface area contributed by atoms with E-state index in [1.807, 2.05) is 31.1 Å². The number of anilines is 1. The van der Waals surface area contributed by atoms with Crippen LogP contribution in [-0.2, 0) is 13.0 Å². The van der Waals surface area contributed by atoms with Crippen molar-refractivity contribution in [3.8, 4) is 0 Å². The van der Waals surface area contributed by atoms with Crippen LogP contribution in [0.2, 0.25) is 0 Å². The smallest absolute Gasteiger partial charge is 0.378 e. The van der Waals surface area contributed by atoms with Crippen molar-refractivity contribution in [3.63, 3.8) is 0 Å². The molecule has 2 atom stereocenters. The molecule has 3 aromatic rings. The standard InChI is InChI=1S/C25H31F3N6O/c1-31-12-14-33(15-13-31)21-10-4-9-20-30-18(23(34(20)21)24(35)25(26,27)28)16-32(2)19-8-3-6-17-7-5-11-29-22(17)19/h4-5,7,9-11,19,24,35H,3,6,8,12-16H2,1-2H3/t19-,24?/m0/s1. The largest absolute Gasteiger partial charge is 0.420 e. The normalized spacial score (nSPS) is 20.4. The van der Waals surface area contributed by atoms with Crippen molar-refractivity contribution in [2.45, 2.75) is 44.1 Å². The van der Waals surface area contributed by atoms with Gasteiger partial charge in [0.25, 0.3) is 0 Å². The number of aryl methyl sites for hydroxylation is 1. The van der Waals surface area contributed by atoms with Gasteiger partial charge in [-0.05, 0) is 57.1 Å². The summed E-state index contributed by atoms with van der Waals surface area (Å²) in [4.78, 5) is 15.5. The molecule has 1 N–H and O–H groups in total. The van der Waals surface area contributed by atoms with Gasteiger partial charge in [0.2, 0.25) is 0 Å². The van der Waals surface area contributed by atoms with Crippen LogP contribution >= 0.6 is 0 Å². The summed E-state index contributed by atoms with van der Waals surface area (Å²) in [7, 11) is 3.92. The van der Waals surface area contributed by atoms with Crippen LogP contribution in [0.15, 0.2) is 36.5 Å². The van der Waals surface area contributed by atoms with Gasteiger partial charge in [-0.3, -0.25) is 14.3 Å². The van der Waals surface area contributed by atoms with Crippen LogP contribution in [0.1, 0.15) is 47.6 Å². The molecule has 5 rings (SSSR count). The van der Waals surface area contributed by atoms with Gasteiger partial charge < -0.3 is 14.9 Å². The van der Waals surface area contributed by atoms with Crippen molar-refractivity contribution < 1.29 is 18.3 Å². The molecule has 10 heteroatoms. The van der Waals surface area contributed by atoms with Crippen molar-refractivity contribution in [1.82, 2.24) is 24.2 Å². The third kappa shape index (κ3) is 4.62. The first-order valence-corrected chi connectivity index (χ1v) is 12.1. The Hall–Kier alpha value is -2.69. The number of halogens is 3. The Labute approximate surface area is 202 Å². The first kappa shape index (κ1) is 24.0. The van der Waals surface area contributed by atoms with Gasteiger partial charge in [0.1, 0.15) is 11.5 Å². The number of aliphatic hydroxyl groups excluding tert-OH is 1. The molecular formula is C25H31F3N6O. The molecule has 1 aliphatic heterocycles. The molecule has 1 aliphatic carbocycles. The summed E-state index contributed by atoms with van der Waals surface area (Å²) < 4.78 is 43.2. The Bertz CT molecular complexity index is 1190. The van der Waals surface area contributed by atoms with E-state index in [2.05, 4.69) is 25.8 Å². The summed E-state index contributed by atoms with van der Waals surface area (Å²) in [6.45, 7) is 3.18. The van der Waals surface area contributed by atoms with Gasteiger partial charge in [-0.25, -0.2) is 4.98 Å². The van der Waals surface area contributed by atoms with Crippen LogP contribution in [0.4, 0.5) is 19.0 Å². The van der Waals surface area contributed by atoms with Crippen LogP contribution < -0.4 is 4.90 Å². The lowest BCUT2D eigenvalue weighted by atomic mass is 9.91. The Balaban J connectivity index is 1.56. The maximum absolute atomic E-state index is 13.9. The monoisotopic (exact) mass is 488 g/mol. The minimum atomic E-state index is -4.81. The first-order chi connectivity index (χ1) is 16.7. The lowest BCUT2D eigenvalue weighted by Crippen LogP contribution is -2.45. The Morgan fingerprint density at radius 2 is 1.91 bits per heavy atom. The number of pyridine rings is 2. The fourth-order valence-electron chi connectivity index (χ4n) is 5.34. The summed E-state index contributed by atoms with van der Waals surface area (Å²) in [5, 5.41) is 10.5. The lowest BCUT2D eigenvalue weighted by Gasteiger charge is -2.35. The maximum Gasteiger partial charge on any atom is 0.420 e. The Morgan fingerprint density at radius 3 is 2.66 bits per heavy atom. The number of aromatic nitrogens is 3. The molecule has 7 nitrogen and oxygen atoms in total. The van der Waals surface area contributed by atoms with E-state index in [0.29, 0.717) is 24.6 Å². The quantitative estimate of drug-likeness (QED) is 0.593. The molecule has 0 amide bonds. The SMILES string of the molecule is CN1CCN(c2cccc3nc(CN(C)[C@H]4CCCc5cccnc54)c(C(O)C(F)(F)F)n23)CC1. The highest BCUT2D eigenvalue weighted by Crippen LogP contribution is 2.38. The number of fused-ring (bicyclic) bond motifs is 2. The summed E-state index contributed by atoms with van der Waals surface area (Å²) in [5.41, 5.74) is 2.60. The van der Waals surface area contributed by atoms with Gasteiger partial charge in [-0.15, -0.1) is 0 Å². The molecule has 188 valence electrons. The number of hydrogen-bond donors (Lipinski definition) is 1. The average molecular weight is 489 g/mol. The Morgan fingerprint density at radius 1 is 1.14 bits per heavy atom. The topological polar surface area (TPSA) is 60.1 Å². The average Bonchev–Trinajstić information content (AvgIpc) is 3.20. The van der Waals surface area contributed by atoms with Gasteiger partial charge in [0, 0.05) is 38.9 Å². The van der Waals surface area contributed by atoms with Gasteiger partial charge in [-0.2, -0.15) is 13.2 Å². The van der Waals surface area contributed by atoms with Crippen LogP contribution in [-0.4, -0.2) is 75.7 Å². The summed E-state index contributed by atoms with van der Waals surface area (Å²) in [6, 6.07) is 9.29. The highest BCUT2D eigenvalue weighted by atomic mass is 19.4. The van der Waals surface area contributed by atoms with Gasteiger partial charge in [-0.1, -0.05) is 12.1 Å². The zero-order valence-corrected chi connectivity index (χ0v) is 20.0. The number of piperazine rings is 1. The summed E-state index contributed by atoms with van der Waals surface area (Å²) in [6.07, 6.45) is -2.86. The van der Waals surface area contributed by atoms with E-state index in [0.717, 1.165) is 38.0 Å². The van der Waals surface area contributed by atoms with Crippen molar-refractivity contribution in [3.05, 3.63) is 59.2 Å². The second kappa shape index (κ2) is 9.40. The van der Waals surface area contributed by atoms with Crippen molar-refractivity contribution in [1.29, 1.82) is 0 Å². The predicted octanol–water partition coefficient (Wildman–Crippen LogP) is 3.59. The number of nitrogens with zero attached hydrogens (tertiary/aromatic N) is 6. The summed E-state index contributed by atoms with van der Waals surface area (Å²) in [5.74, 6) is 0.625. The fraction of sp³-hybridized carbons (Fsp3) is 0.520. The molecule has 3 aromatic heterocycles. The summed E-state index contributed by atoms with van der Waals surface area (Å²) >= 11 is 0. The maximum atomic E-state index is 13.9. The highest BCUT2D eigenvalue weighted by molar-refractivity contribution is 5.56. The van der Waals surface area contributed by atoms with E-state index in [1.54, 1.807) is 18.3 Å². The first-order valence-electron chi connectivity index (χ1n) is 12.1. The number of imidazole rings is 1. The molecule has 35 heavy (non-hydrogen) atoms. The van der Waals surface area contributed by atoms with Crippen LogP contribution in [0.5, 0.6) is 0 Å². The molecule has 0 aromatic carbocycles. The minimum Gasteiger partial charge on any atom is -0.378 e. The molecule has 2 aliphatic rings. The van der Waals surface area contributed by atoms with Crippen molar-refractivity contribution in [2.75, 3.05) is 45.2 Å². The predicted molar refractivity (Wildman–Crippen MR) is 127 cm³/mol. The van der Waals surface area contributed by atoms with E-state index in [9.17, 15) is 18.3 Å². The lowest BCUT2D eigenvalue weighted by molar-refractivity contribution is -0.208.